The topological polar surface area (TPSA) is 136 Å². The maximum absolute atomic E-state index is 14.3. The number of carboxylic acid groups (broad SMARTS) is 1. The average molecular weight is 597 g/mol. The molecule has 1 unspecified atom stereocenters. The fourth-order valence-corrected chi connectivity index (χ4v) is 5.99. The second-order valence-corrected chi connectivity index (χ2v) is 11.7. The minimum atomic E-state index is -0.964. The molecule has 2 aliphatic rings. The van der Waals surface area contributed by atoms with E-state index in [9.17, 15) is 14.3 Å². The van der Waals surface area contributed by atoms with Gasteiger partial charge in [-0.1, -0.05) is 12.1 Å². The van der Waals surface area contributed by atoms with Gasteiger partial charge in [-0.25, -0.2) is 29.1 Å². The van der Waals surface area contributed by atoms with Crippen LogP contribution < -0.4 is 4.74 Å². The number of rotatable bonds is 10. The van der Waals surface area contributed by atoms with Gasteiger partial charge in [0.05, 0.1) is 47.6 Å². The van der Waals surface area contributed by atoms with Crippen molar-refractivity contribution in [3.8, 4) is 23.2 Å². The Kier molecular flexibility index (Phi) is 7.04. The van der Waals surface area contributed by atoms with Crippen LogP contribution in [0.25, 0.3) is 21.6 Å². The summed E-state index contributed by atoms with van der Waals surface area (Å²) < 4.78 is 27.8. The quantitative estimate of drug-likeness (QED) is 0.222. The van der Waals surface area contributed by atoms with E-state index in [2.05, 4.69) is 9.97 Å². The lowest BCUT2D eigenvalue weighted by atomic mass is 10.1. The van der Waals surface area contributed by atoms with Gasteiger partial charge >= 0.3 is 5.97 Å². The van der Waals surface area contributed by atoms with E-state index in [-0.39, 0.29) is 23.2 Å². The summed E-state index contributed by atoms with van der Waals surface area (Å²) >= 11 is 1.16. The van der Waals surface area contributed by atoms with Crippen molar-refractivity contribution in [2.24, 2.45) is 0 Å². The molecule has 12 heteroatoms. The van der Waals surface area contributed by atoms with Gasteiger partial charge in [0.2, 0.25) is 5.88 Å². The standard InChI is InChI=1S/C31H25FN6O4S/c32-22-10-17(13-33)4-5-19(22)16-42-28-3-1-2-23(35-28)21-14-34-26(36-29(21)18-6-7-18)12-27-37-30-24(11-25(43-30)31(39)40)38(27)15-20-8-9-41-20/h1-5,10-11,14,18,20H,6-9,12,15-16H2,(H,39,40). The normalized spacial score (nSPS) is 16.1. The molecule has 10 nitrogen and oxygen atoms in total. The Morgan fingerprint density at radius 1 is 1.19 bits per heavy atom. The van der Waals surface area contributed by atoms with Crippen LogP contribution in [0.3, 0.4) is 0 Å². The number of nitrogens with zero attached hydrogens (tertiary/aromatic N) is 6. The minimum Gasteiger partial charge on any atom is -0.477 e. The fourth-order valence-electron chi connectivity index (χ4n) is 5.09. The molecule has 5 heterocycles. The Morgan fingerprint density at radius 3 is 2.77 bits per heavy atom. The molecule has 5 aromatic rings. The summed E-state index contributed by atoms with van der Waals surface area (Å²) in [5.41, 5.74) is 3.77. The first-order valence-corrected chi connectivity index (χ1v) is 14.7. The van der Waals surface area contributed by atoms with Crippen molar-refractivity contribution in [1.82, 2.24) is 24.5 Å². The minimum absolute atomic E-state index is 0.0249. The number of hydrogen-bond donors (Lipinski definition) is 1. The Morgan fingerprint density at radius 2 is 2.05 bits per heavy atom. The zero-order valence-corrected chi connectivity index (χ0v) is 23.7. The van der Waals surface area contributed by atoms with Crippen molar-refractivity contribution in [1.29, 1.82) is 5.26 Å². The number of imidazole rings is 1. The third-order valence-electron chi connectivity index (χ3n) is 7.62. The van der Waals surface area contributed by atoms with Gasteiger partial charge < -0.3 is 19.1 Å². The highest BCUT2D eigenvalue weighted by atomic mass is 32.1. The zero-order chi connectivity index (χ0) is 29.5. The highest BCUT2D eigenvalue weighted by Crippen LogP contribution is 2.43. The van der Waals surface area contributed by atoms with E-state index in [1.165, 1.54) is 12.1 Å². The molecule has 1 N–H and O–H groups in total. The van der Waals surface area contributed by atoms with Gasteiger partial charge in [-0.3, -0.25) is 0 Å². The monoisotopic (exact) mass is 596 g/mol. The van der Waals surface area contributed by atoms with Crippen LogP contribution in [0.5, 0.6) is 5.88 Å². The number of nitriles is 1. The van der Waals surface area contributed by atoms with E-state index in [4.69, 9.17) is 24.7 Å². The first-order chi connectivity index (χ1) is 20.9. The SMILES string of the molecule is N#Cc1ccc(COc2cccc(-c3cnc(Cc4nc5sc(C(=O)O)cc5n4CC4CCO4)nc3C3CC3)n2)c(F)c1. The van der Waals surface area contributed by atoms with Crippen molar-refractivity contribution in [3.63, 3.8) is 0 Å². The molecular weight excluding hydrogens is 571 g/mol. The molecule has 43 heavy (non-hydrogen) atoms. The average Bonchev–Trinajstić information content (AvgIpc) is 3.68. The Labute approximate surface area is 249 Å². The largest absolute Gasteiger partial charge is 0.477 e. The molecule has 1 aromatic carbocycles. The number of hydrogen-bond acceptors (Lipinski definition) is 9. The maximum Gasteiger partial charge on any atom is 0.346 e. The van der Waals surface area contributed by atoms with Gasteiger partial charge in [-0.2, -0.15) is 5.26 Å². The second-order valence-electron chi connectivity index (χ2n) is 10.6. The third-order valence-corrected chi connectivity index (χ3v) is 8.63. The van der Waals surface area contributed by atoms with Crippen molar-refractivity contribution >= 4 is 27.7 Å². The van der Waals surface area contributed by atoms with Crippen LogP contribution in [0.4, 0.5) is 4.39 Å². The number of pyridine rings is 1. The van der Waals surface area contributed by atoms with Crippen LogP contribution in [0.2, 0.25) is 0 Å². The van der Waals surface area contributed by atoms with Crippen molar-refractivity contribution in [3.05, 3.63) is 87.8 Å². The van der Waals surface area contributed by atoms with E-state index in [1.54, 1.807) is 24.4 Å². The lowest BCUT2D eigenvalue weighted by Gasteiger charge is -2.27. The predicted molar refractivity (Wildman–Crippen MR) is 154 cm³/mol. The summed E-state index contributed by atoms with van der Waals surface area (Å²) in [4.78, 5) is 31.6. The molecule has 1 aliphatic carbocycles. The van der Waals surface area contributed by atoms with E-state index >= 15 is 0 Å². The summed E-state index contributed by atoms with van der Waals surface area (Å²) in [6.45, 7) is 1.30. The fraction of sp³-hybridized carbons (Fsp3) is 0.290. The highest BCUT2D eigenvalue weighted by Gasteiger charge is 2.30. The van der Waals surface area contributed by atoms with Gasteiger partial charge in [0.15, 0.2) is 0 Å². The number of benzene rings is 1. The summed E-state index contributed by atoms with van der Waals surface area (Å²) in [6.07, 6.45) is 5.25. The molecule has 7 rings (SSSR count). The van der Waals surface area contributed by atoms with Crippen LogP contribution in [0.15, 0.2) is 48.7 Å². The van der Waals surface area contributed by atoms with Crippen molar-refractivity contribution < 1.29 is 23.8 Å². The molecule has 2 fully saturated rings. The lowest BCUT2D eigenvalue weighted by molar-refractivity contribution is -0.0589. The Bertz CT molecular complexity index is 1910. The van der Waals surface area contributed by atoms with Crippen LogP contribution in [-0.4, -0.2) is 48.3 Å². The number of aromatic carboxylic acids is 1. The number of aromatic nitrogens is 5. The first-order valence-electron chi connectivity index (χ1n) is 13.9. The number of ether oxygens (including phenoxy) is 2. The van der Waals surface area contributed by atoms with Crippen LogP contribution in [0, 0.1) is 17.1 Å². The second kappa shape index (κ2) is 11.2. The van der Waals surface area contributed by atoms with Crippen molar-refractivity contribution in [2.45, 2.75) is 50.9 Å². The van der Waals surface area contributed by atoms with Gasteiger partial charge in [0.25, 0.3) is 0 Å². The van der Waals surface area contributed by atoms with Crippen LogP contribution in [-0.2, 0) is 24.3 Å². The number of carbonyl (C=O) groups is 1. The van der Waals surface area contributed by atoms with E-state index in [0.717, 1.165) is 59.8 Å². The summed E-state index contributed by atoms with van der Waals surface area (Å²) in [6, 6.07) is 13.3. The number of halogens is 1. The Balaban J connectivity index is 1.15. The molecule has 0 radical (unpaired) electrons. The molecule has 1 saturated carbocycles. The highest BCUT2D eigenvalue weighted by molar-refractivity contribution is 7.20. The third kappa shape index (κ3) is 5.57. The molecule has 1 atom stereocenters. The Hall–Kier alpha value is -4.73. The zero-order valence-electron chi connectivity index (χ0n) is 22.9. The first kappa shape index (κ1) is 27.1. The molecule has 0 spiro atoms. The maximum atomic E-state index is 14.3. The summed E-state index contributed by atoms with van der Waals surface area (Å²) in [7, 11) is 0. The van der Waals surface area contributed by atoms with E-state index in [1.807, 2.05) is 22.8 Å². The number of carboxylic acids is 1. The number of thiophene rings is 1. The lowest BCUT2D eigenvalue weighted by Crippen LogP contribution is -2.31. The smallest absolute Gasteiger partial charge is 0.346 e. The van der Waals surface area contributed by atoms with Gasteiger partial charge in [-0.05, 0) is 43.5 Å². The van der Waals surface area contributed by atoms with Gasteiger partial charge in [-0.15, -0.1) is 11.3 Å². The van der Waals surface area contributed by atoms with Gasteiger partial charge in [0.1, 0.15) is 33.8 Å². The molecule has 0 bridgehead atoms. The van der Waals surface area contributed by atoms with Crippen LogP contribution >= 0.6 is 11.3 Å². The molecule has 1 aliphatic heterocycles. The van der Waals surface area contributed by atoms with E-state index in [0.29, 0.717) is 46.7 Å². The summed E-state index contributed by atoms with van der Waals surface area (Å²) in [5.74, 6) is 0.577. The summed E-state index contributed by atoms with van der Waals surface area (Å²) in [5, 5.41) is 18.4. The number of fused-ring (bicyclic) bond motifs is 1. The molecule has 1 saturated heterocycles. The van der Waals surface area contributed by atoms with Gasteiger partial charge in [0, 0.05) is 35.9 Å². The van der Waals surface area contributed by atoms with Crippen LogP contribution in [0.1, 0.15) is 63.3 Å². The molecule has 216 valence electrons. The molecule has 0 amide bonds. The van der Waals surface area contributed by atoms with Crippen molar-refractivity contribution in [2.75, 3.05) is 6.61 Å². The predicted octanol–water partition coefficient (Wildman–Crippen LogP) is 5.49. The molecule has 4 aromatic heterocycles. The van der Waals surface area contributed by atoms with E-state index < -0.39 is 11.8 Å². The molecular formula is C31H25FN6O4S.